The van der Waals surface area contributed by atoms with Crippen molar-refractivity contribution < 1.29 is 4.42 Å². The fourth-order valence-corrected chi connectivity index (χ4v) is 2.95. The number of piperazine rings is 1. The van der Waals surface area contributed by atoms with Gasteiger partial charge in [-0.15, -0.1) is 0 Å². The maximum Gasteiger partial charge on any atom is 0.117 e. The molecule has 1 aromatic carbocycles. The molecule has 0 bridgehead atoms. The summed E-state index contributed by atoms with van der Waals surface area (Å²) in [4.78, 5) is 5.06. The molecular weight excluding hydrogens is 260 g/mol. The summed E-state index contributed by atoms with van der Waals surface area (Å²) in [5.74, 6) is 1.08. The largest absolute Gasteiger partial charge is 0.468 e. The van der Waals surface area contributed by atoms with Gasteiger partial charge in [0.2, 0.25) is 0 Å². The normalized spacial score (nSPS) is 17.1. The van der Waals surface area contributed by atoms with Crippen LogP contribution in [0.1, 0.15) is 17.7 Å². The van der Waals surface area contributed by atoms with Crippen LogP contribution in [0.2, 0.25) is 0 Å². The first kappa shape index (κ1) is 14.4. The summed E-state index contributed by atoms with van der Waals surface area (Å²) < 4.78 is 5.42. The quantitative estimate of drug-likeness (QED) is 0.813. The van der Waals surface area contributed by atoms with Crippen LogP contribution in [0.15, 0.2) is 53.1 Å². The predicted molar refractivity (Wildman–Crippen MR) is 85.2 cm³/mol. The minimum absolute atomic E-state index is 0.949. The van der Waals surface area contributed by atoms with Crippen LogP contribution in [0.25, 0.3) is 0 Å². The van der Waals surface area contributed by atoms with Gasteiger partial charge in [0.05, 0.1) is 12.8 Å². The second kappa shape index (κ2) is 7.43. The Bertz CT molecular complexity index is 501. The molecule has 0 amide bonds. The van der Waals surface area contributed by atoms with E-state index in [0.29, 0.717) is 0 Å². The molecule has 1 aliphatic heterocycles. The zero-order valence-electron chi connectivity index (χ0n) is 12.6. The van der Waals surface area contributed by atoms with Crippen LogP contribution in [0.4, 0.5) is 0 Å². The van der Waals surface area contributed by atoms with Gasteiger partial charge >= 0.3 is 0 Å². The molecule has 112 valence electrons. The van der Waals surface area contributed by atoms with Crippen molar-refractivity contribution in [2.24, 2.45) is 0 Å². The molecule has 2 heterocycles. The van der Waals surface area contributed by atoms with Gasteiger partial charge in [0.15, 0.2) is 0 Å². The zero-order valence-corrected chi connectivity index (χ0v) is 12.6. The molecule has 3 nitrogen and oxygen atoms in total. The molecule has 1 aromatic heterocycles. The van der Waals surface area contributed by atoms with Gasteiger partial charge in [-0.3, -0.25) is 4.90 Å². The second-order valence-electron chi connectivity index (χ2n) is 5.79. The summed E-state index contributed by atoms with van der Waals surface area (Å²) in [6, 6.07) is 14.8. The molecule has 1 aliphatic rings. The third-order valence-electron chi connectivity index (χ3n) is 4.21. The molecule has 0 unspecified atom stereocenters. The van der Waals surface area contributed by atoms with Crippen LogP contribution < -0.4 is 0 Å². The molecule has 1 fully saturated rings. The fraction of sp³-hybridized carbons (Fsp3) is 0.444. The van der Waals surface area contributed by atoms with Gasteiger partial charge in [-0.2, -0.15) is 0 Å². The minimum Gasteiger partial charge on any atom is -0.468 e. The molecule has 1 saturated heterocycles. The lowest BCUT2D eigenvalue weighted by molar-refractivity contribution is 0.120. The summed E-state index contributed by atoms with van der Waals surface area (Å²) >= 11 is 0. The Balaban J connectivity index is 1.34. The first-order valence-electron chi connectivity index (χ1n) is 7.91. The van der Waals surface area contributed by atoms with Crippen molar-refractivity contribution >= 4 is 0 Å². The molecule has 0 N–H and O–H groups in total. The van der Waals surface area contributed by atoms with Crippen molar-refractivity contribution in [2.75, 3.05) is 32.7 Å². The van der Waals surface area contributed by atoms with Crippen LogP contribution in [0.3, 0.4) is 0 Å². The van der Waals surface area contributed by atoms with Gasteiger partial charge in [-0.25, -0.2) is 0 Å². The number of nitrogens with zero attached hydrogens (tertiary/aromatic N) is 2. The van der Waals surface area contributed by atoms with Crippen LogP contribution in [0.5, 0.6) is 0 Å². The molecule has 0 spiro atoms. The Kier molecular flexibility index (Phi) is 5.08. The molecule has 3 rings (SSSR count). The summed E-state index contributed by atoms with van der Waals surface area (Å²) in [5.41, 5.74) is 1.45. The van der Waals surface area contributed by atoms with Gasteiger partial charge in [-0.1, -0.05) is 30.3 Å². The topological polar surface area (TPSA) is 19.6 Å². The van der Waals surface area contributed by atoms with Crippen molar-refractivity contribution in [3.63, 3.8) is 0 Å². The van der Waals surface area contributed by atoms with E-state index in [2.05, 4.69) is 46.2 Å². The number of furan rings is 1. The highest BCUT2D eigenvalue weighted by atomic mass is 16.3. The molecule has 0 aliphatic carbocycles. The molecule has 2 aromatic rings. The summed E-state index contributed by atoms with van der Waals surface area (Å²) in [5, 5.41) is 0. The Morgan fingerprint density at radius 2 is 1.62 bits per heavy atom. The van der Waals surface area contributed by atoms with E-state index in [1.807, 2.05) is 6.07 Å². The van der Waals surface area contributed by atoms with E-state index in [0.717, 1.165) is 25.4 Å². The van der Waals surface area contributed by atoms with Crippen LogP contribution in [0, 0.1) is 0 Å². The lowest BCUT2D eigenvalue weighted by atomic mass is 10.1. The van der Waals surface area contributed by atoms with Gasteiger partial charge in [0, 0.05) is 26.2 Å². The van der Waals surface area contributed by atoms with Crippen molar-refractivity contribution in [1.29, 1.82) is 0 Å². The number of benzene rings is 1. The van der Waals surface area contributed by atoms with Crippen molar-refractivity contribution in [1.82, 2.24) is 9.80 Å². The van der Waals surface area contributed by atoms with E-state index in [1.54, 1.807) is 6.26 Å². The molecule has 0 atom stereocenters. The van der Waals surface area contributed by atoms with Crippen LogP contribution in [-0.2, 0) is 13.0 Å². The number of hydrogen-bond donors (Lipinski definition) is 0. The van der Waals surface area contributed by atoms with E-state index in [4.69, 9.17) is 4.42 Å². The summed E-state index contributed by atoms with van der Waals surface area (Å²) in [7, 11) is 0. The van der Waals surface area contributed by atoms with Crippen molar-refractivity contribution in [3.8, 4) is 0 Å². The molecular formula is C18H24N2O. The van der Waals surface area contributed by atoms with Gasteiger partial charge in [0.1, 0.15) is 5.76 Å². The Hall–Kier alpha value is -1.58. The van der Waals surface area contributed by atoms with E-state index >= 15 is 0 Å². The molecule has 3 heteroatoms. The first-order chi connectivity index (χ1) is 10.4. The third kappa shape index (κ3) is 4.45. The highest BCUT2D eigenvalue weighted by Crippen LogP contribution is 2.10. The maximum absolute atomic E-state index is 5.42. The van der Waals surface area contributed by atoms with E-state index in [-0.39, 0.29) is 0 Å². The summed E-state index contributed by atoms with van der Waals surface area (Å²) in [6.45, 7) is 6.80. The average Bonchev–Trinajstić information content (AvgIpc) is 3.03. The van der Waals surface area contributed by atoms with E-state index < -0.39 is 0 Å². The van der Waals surface area contributed by atoms with Crippen LogP contribution >= 0.6 is 0 Å². The highest BCUT2D eigenvalue weighted by Gasteiger charge is 2.17. The Labute approximate surface area is 127 Å². The number of aryl methyl sites for hydroxylation is 1. The fourth-order valence-electron chi connectivity index (χ4n) is 2.95. The van der Waals surface area contributed by atoms with E-state index in [9.17, 15) is 0 Å². The maximum atomic E-state index is 5.42. The average molecular weight is 284 g/mol. The SMILES string of the molecule is c1ccc(CCCN2CCN(Cc3ccco3)CC2)cc1. The second-order valence-corrected chi connectivity index (χ2v) is 5.79. The van der Waals surface area contributed by atoms with Crippen molar-refractivity contribution in [3.05, 3.63) is 60.1 Å². The highest BCUT2D eigenvalue weighted by molar-refractivity contribution is 5.14. The van der Waals surface area contributed by atoms with Crippen LogP contribution in [-0.4, -0.2) is 42.5 Å². The van der Waals surface area contributed by atoms with Gasteiger partial charge < -0.3 is 9.32 Å². The van der Waals surface area contributed by atoms with E-state index in [1.165, 1.54) is 38.0 Å². The lowest BCUT2D eigenvalue weighted by Gasteiger charge is -2.34. The number of rotatable bonds is 6. The van der Waals surface area contributed by atoms with Gasteiger partial charge in [-0.05, 0) is 37.1 Å². The zero-order chi connectivity index (χ0) is 14.3. The Morgan fingerprint density at radius 1 is 0.857 bits per heavy atom. The standard InChI is InChI=1S/C18H24N2O/c1-2-6-17(7-3-1)8-4-10-19-11-13-20(14-12-19)16-18-9-5-15-21-18/h1-3,5-7,9,15H,4,8,10-14,16H2. The lowest BCUT2D eigenvalue weighted by Crippen LogP contribution is -2.46. The molecule has 0 saturated carbocycles. The molecule has 0 radical (unpaired) electrons. The third-order valence-corrected chi connectivity index (χ3v) is 4.21. The predicted octanol–water partition coefficient (Wildman–Crippen LogP) is 3.03. The number of hydrogen-bond acceptors (Lipinski definition) is 3. The first-order valence-corrected chi connectivity index (χ1v) is 7.91. The monoisotopic (exact) mass is 284 g/mol. The smallest absolute Gasteiger partial charge is 0.117 e. The minimum atomic E-state index is 0.949. The summed E-state index contributed by atoms with van der Waals surface area (Å²) in [6.07, 6.45) is 4.20. The van der Waals surface area contributed by atoms with Gasteiger partial charge in [0.25, 0.3) is 0 Å². The Morgan fingerprint density at radius 3 is 2.33 bits per heavy atom. The molecule has 21 heavy (non-hydrogen) atoms. The van der Waals surface area contributed by atoms with Crippen molar-refractivity contribution in [2.45, 2.75) is 19.4 Å².